The van der Waals surface area contributed by atoms with E-state index in [0.717, 1.165) is 49.8 Å². The molecule has 1 amide bonds. The highest BCUT2D eigenvalue weighted by atomic mass is 16.2. The predicted molar refractivity (Wildman–Crippen MR) is 90.1 cm³/mol. The molecule has 0 bridgehead atoms. The number of hydrogen-bond acceptors (Lipinski definition) is 2. The van der Waals surface area contributed by atoms with Crippen LogP contribution < -0.4 is 0 Å². The summed E-state index contributed by atoms with van der Waals surface area (Å²) >= 11 is 0. The molecule has 22 heavy (non-hydrogen) atoms. The highest BCUT2D eigenvalue weighted by Gasteiger charge is 2.36. The van der Waals surface area contributed by atoms with Gasteiger partial charge in [-0.25, -0.2) is 0 Å². The van der Waals surface area contributed by atoms with E-state index in [4.69, 9.17) is 0 Å². The van der Waals surface area contributed by atoms with Gasteiger partial charge in [-0.1, -0.05) is 37.6 Å². The van der Waals surface area contributed by atoms with Crippen LogP contribution in [0.25, 0.3) is 0 Å². The summed E-state index contributed by atoms with van der Waals surface area (Å²) in [6, 6.07) is 10.4. The zero-order chi connectivity index (χ0) is 15.4. The molecule has 1 aromatic carbocycles. The molecular formula is C19H24N2O. The molecule has 1 saturated heterocycles. The number of aliphatic imine (C=N–C) groups is 1. The lowest BCUT2D eigenvalue weighted by molar-refractivity contribution is 0.0658. The van der Waals surface area contributed by atoms with Crippen molar-refractivity contribution in [1.29, 1.82) is 0 Å². The molecule has 2 aliphatic rings. The number of carbonyl (C=O) groups excluding carboxylic acids is 1. The third-order valence-corrected chi connectivity index (χ3v) is 4.66. The second-order valence-electron chi connectivity index (χ2n) is 6.20. The van der Waals surface area contributed by atoms with Gasteiger partial charge in [0.1, 0.15) is 0 Å². The van der Waals surface area contributed by atoms with Crippen LogP contribution in [0.15, 0.2) is 47.1 Å². The molecule has 0 radical (unpaired) electrons. The van der Waals surface area contributed by atoms with Crippen molar-refractivity contribution in [2.75, 3.05) is 0 Å². The van der Waals surface area contributed by atoms with Crippen molar-refractivity contribution < 1.29 is 4.79 Å². The Morgan fingerprint density at radius 3 is 2.68 bits per heavy atom. The first-order valence-electron chi connectivity index (χ1n) is 8.39. The van der Waals surface area contributed by atoms with Crippen LogP contribution >= 0.6 is 0 Å². The summed E-state index contributed by atoms with van der Waals surface area (Å²) in [4.78, 5) is 19.6. The summed E-state index contributed by atoms with van der Waals surface area (Å²) in [5.74, 6) is 0.184. The van der Waals surface area contributed by atoms with Crippen LogP contribution in [0.2, 0.25) is 0 Å². The molecule has 3 heteroatoms. The van der Waals surface area contributed by atoms with Gasteiger partial charge in [0.2, 0.25) is 0 Å². The van der Waals surface area contributed by atoms with Crippen LogP contribution in [0.4, 0.5) is 0 Å². The molecule has 0 aromatic heterocycles. The highest BCUT2D eigenvalue weighted by molar-refractivity contribution is 5.94. The van der Waals surface area contributed by atoms with Gasteiger partial charge in [-0.3, -0.25) is 9.79 Å². The van der Waals surface area contributed by atoms with Crippen molar-refractivity contribution in [2.24, 2.45) is 4.99 Å². The van der Waals surface area contributed by atoms with E-state index >= 15 is 0 Å². The Bertz CT molecular complexity index is 576. The quantitative estimate of drug-likeness (QED) is 0.801. The molecule has 1 aromatic rings. The minimum Gasteiger partial charge on any atom is -0.332 e. The van der Waals surface area contributed by atoms with E-state index in [1.807, 2.05) is 36.5 Å². The average Bonchev–Trinajstić information content (AvgIpc) is 3.19. The molecule has 2 unspecified atom stereocenters. The van der Waals surface area contributed by atoms with Crippen molar-refractivity contribution in [2.45, 2.75) is 57.5 Å². The van der Waals surface area contributed by atoms with Crippen LogP contribution in [-0.2, 0) is 0 Å². The second kappa shape index (κ2) is 6.91. The minimum absolute atomic E-state index is 0.184. The molecule has 0 saturated carbocycles. The largest absolute Gasteiger partial charge is 0.332 e. The van der Waals surface area contributed by atoms with Crippen molar-refractivity contribution in [3.63, 3.8) is 0 Å². The van der Waals surface area contributed by atoms with E-state index in [0.29, 0.717) is 12.1 Å². The van der Waals surface area contributed by atoms with Crippen molar-refractivity contribution >= 4 is 12.1 Å². The summed E-state index contributed by atoms with van der Waals surface area (Å²) in [5.41, 5.74) is 1.95. The summed E-state index contributed by atoms with van der Waals surface area (Å²) in [7, 11) is 0. The Kier molecular flexibility index (Phi) is 4.71. The second-order valence-corrected chi connectivity index (χ2v) is 6.20. The van der Waals surface area contributed by atoms with Crippen molar-refractivity contribution in [3.05, 3.63) is 47.7 Å². The number of allylic oxidation sites excluding steroid dienone is 1. The Morgan fingerprint density at radius 1 is 1.23 bits per heavy atom. The van der Waals surface area contributed by atoms with Crippen LogP contribution in [0.3, 0.4) is 0 Å². The number of amides is 1. The fourth-order valence-corrected chi connectivity index (χ4v) is 3.63. The number of benzene rings is 1. The summed E-state index contributed by atoms with van der Waals surface area (Å²) in [5, 5.41) is 0. The molecular weight excluding hydrogens is 272 g/mol. The maximum absolute atomic E-state index is 13.0. The minimum atomic E-state index is 0.184. The molecule has 3 rings (SSSR count). The Labute approximate surface area is 132 Å². The number of carbonyl (C=O) groups is 1. The summed E-state index contributed by atoms with van der Waals surface area (Å²) in [6.45, 7) is 2.20. The zero-order valence-corrected chi connectivity index (χ0v) is 13.2. The number of nitrogens with zero attached hydrogens (tertiary/aromatic N) is 2. The van der Waals surface area contributed by atoms with E-state index in [1.165, 1.54) is 0 Å². The zero-order valence-electron chi connectivity index (χ0n) is 13.2. The van der Waals surface area contributed by atoms with Gasteiger partial charge in [0.15, 0.2) is 0 Å². The fraction of sp³-hybridized carbons (Fsp3) is 0.474. The third kappa shape index (κ3) is 3.13. The Balaban J connectivity index is 1.80. The van der Waals surface area contributed by atoms with Crippen molar-refractivity contribution in [3.8, 4) is 0 Å². The van der Waals surface area contributed by atoms with E-state index in [1.54, 1.807) is 0 Å². The molecule has 3 nitrogen and oxygen atoms in total. The van der Waals surface area contributed by atoms with Crippen LogP contribution in [0.5, 0.6) is 0 Å². The van der Waals surface area contributed by atoms with Gasteiger partial charge in [0, 0.05) is 42.4 Å². The lowest BCUT2D eigenvalue weighted by Gasteiger charge is -2.30. The molecule has 1 fully saturated rings. The molecule has 0 N–H and O–H groups in total. The fourth-order valence-electron chi connectivity index (χ4n) is 3.63. The van der Waals surface area contributed by atoms with Crippen molar-refractivity contribution in [1.82, 2.24) is 4.90 Å². The monoisotopic (exact) mass is 296 g/mol. The molecule has 0 aliphatic carbocycles. The first-order valence-corrected chi connectivity index (χ1v) is 8.39. The standard InChI is InChI=1S/C19H24N2O/c1-2-7-17-11-12-18(14-16-10-6-13-20-16)21(17)19(22)15-8-4-3-5-9-15/h3-5,8-10,13,17-18H,2,6-7,11-12,14H2,1H3. The Hall–Kier alpha value is -1.90. The first-order chi connectivity index (χ1) is 10.8. The van der Waals surface area contributed by atoms with Gasteiger partial charge in [0.05, 0.1) is 0 Å². The highest BCUT2D eigenvalue weighted by Crippen LogP contribution is 2.33. The van der Waals surface area contributed by atoms with Gasteiger partial charge in [-0.05, 0) is 31.4 Å². The predicted octanol–water partition coefficient (Wildman–Crippen LogP) is 4.21. The molecule has 2 heterocycles. The van der Waals surface area contributed by atoms with E-state index in [2.05, 4.69) is 22.9 Å². The van der Waals surface area contributed by atoms with Crippen LogP contribution in [0.1, 0.15) is 55.8 Å². The van der Waals surface area contributed by atoms with Gasteiger partial charge >= 0.3 is 0 Å². The molecule has 2 aliphatic heterocycles. The van der Waals surface area contributed by atoms with E-state index in [-0.39, 0.29) is 5.91 Å². The summed E-state index contributed by atoms with van der Waals surface area (Å²) in [6.07, 6.45) is 10.4. The average molecular weight is 296 g/mol. The van der Waals surface area contributed by atoms with Gasteiger partial charge in [-0.2, -0.15) is 0 Å². The van der Waals surface area contributed by atoms with Crippen LogP contribution in [0, 0.1) is 0 Å². The smallest absolute Gasteiger partial charge is 0.254 e. The molecule has 116 valence electrons. The lowest BCUT2D eigenvalue weighted by atomic mass is 10.1. The summed E-state index contributed by atoms with van der Waals surface area (Å²) < 4.78 is 0. The van der Waals surface area contributed by atoms with Gasteiger partial charge in [-0.15, -0.1) is 0 Å². The first kappa shape index (κ1) is 15.0. The number of likely N-dealkylation sites (tertiary alicyclic amines) is 1. The third-order valence-electron chi connectivity index (χ3n) is 4.66. The number of rotatable bonds is 5. The lowest BCUT2D eigenvalue weighted by Crippen LogP contribution is -2.41. The molecule has 0 spiro atoms. The van der Waals surface area contributed by atoms with E-state index < -0.39 is 0 Å². The SMILES string of the molecule is CCCC1CCC(CC2=CCC=N2)N1C(=O)c1ccccc1. The topological polar surface area (TPSA) is 32.7 Å². The van der Waals surface area contributed by atoms with Gasteiger partial charge in [0.25, 0.3) is 5.91 Å². The maximum atomic E-state index is 13.0. The van der Waals surface area contributed by atoms with Crippen LogP contribution in [-0.4, -0.2) is 29.1 Å². The van der Waals surface area contributed by atoms with E-state index in [9.17, 15) is 4.79 Å². The maximum Gasteiger partial charge on any atom is 0.254 e. The normalized spacial score (nSPS) is 23.9. The molecule has 2 atom stereocenters. The Morgan fingerprint density at radius 2 is 2.00 bits per heavy atom. The van der Waals surface area contributed by atoms with Gasteiger partial charge < -0.3 is 4.90 Å². The number of hydrogen-bond donors (Lipinski definition) is 0.